The third-order valence-corrected chi connectivity index (χ3v) is 6.12. The van der Waals surface area contributed by atoms with E-state index in [-0.39, 0.29) is 5.91 Å². The smallest absolute Gasteiger partial charge is 0.327 e. The number of carbonyl (C=O) groups excluding carboxylic acids is 1. The van der Waals surface area contributed by atoms with E-state index in [1.165, 1.54) is 6.92 Å². The summed E-state index contributed by atoms with van der Waals surface area (Å²) < 4.78 is 11.4. The number of aliphatic carboxylic acids is 1. The number of nitrogens with zero attached hydrogens (tertiary/aromatic N) is 1. The summed E-state index contributed by atoms with van der Waals surface area (Å²) in [6.07, 6.45) is 2.88. The number of carboxylic acids is 1. The van der Waals surface area contributed by atoms with Gasteiger partial charge in [0.1, 0.15) is 6.04 Å². The number of carboxylic acid groups (broad SMARTS) is 1. The lowest BCUT2D eigenvalue weighted by Gasteiger charge is -2.46. The normalized spacial score (nSPS) is 31.1. The first-order valence-corrected chi connectivity index (χ1v) is 7.91. The van der Waals surface area contributed by atoms with Crippen LogP contribution in [0.1, 0.15) is 32.6 Å². The Kier molecular flexibility index (Phi) is 3.46. The Morgan fingerprint density at radius 1 is 1.20 bits per heavy atom. The lowest BCUT2D eigenvalue weighted by molar-refractivity contribution is -0.189. The predicted molar refractivity (Wildman–Crippen MR) is 72.2 cm³/mol. The molecule has 0 radical (unpaired) electrons. The van der Waals surface area contributed by atoms with E-state index >= 15 is 0 Å². The molecule has 0 unspecified atom stereocenters. The Morgan fingerprint density at radius 3 is 2.30 bits per heavy atom. The molecule has 2 heterocycles. The van der Waals surface area contributed by atoms with Crippen molar-refractivity contribution in [2.75, 3.05) is 19.0 Å². The Balaban J connectivity index is 1.79. The van der Waals surface area contributed by atoms with Crippen LogP contribution in [0.25, 0.3) is 0 Å². The van der Waals surface area contributed by atoms with Gasteiger partial charge in [-0.25, -0.2) is 4.79 Å². The zero-order chi connectivity index (χ0) is 14.4. The average molecular weight is 301 g/mol. The summed E-state index contributed by atoms with van der Waals surface area (Å²) in [7, 11) is 0. The number of carbonyl (C=O) groups is 2. The van der Waals surface area contributed by atoms with E-state index in [0.717, 1.165) is 25.7 Å². The molecule has 2 saturated heterocycles. The van der Waals surface area contributed by atoms with E-state index in [9.17, 15) is 14.7 Å². The van der Waals surface area contributed by atoms with Crippen molar-refractivity contribution in [1.82, 2.24) is 4.90 Å². The molecule has 20 heavy (non-hydrogen) atoms. The van der Waals surface area contributed by atoms with Crippen molar-refractivity contribution in [1.29, 1.82) is 0 Å². The molecule has 0 aromatic heterocycles. The van der Waals surface area contributed by atoms with E-state index in [1.807, 2.05) is 0 Å². The van der Waals surface area contributed by atoms with Gasteiger partial charge in [0.05, 0.1) is 18.1 Å². The van der Waals surface area contributed by atoms with Gasteiger partial charge in [0, 0.05) is 25.5 Å². The molecule has 1 aliphatic carbocycles. The second kappa shape index (κ2) is 4.89. The minimum Gasteiger partial charge on any atom is -0.480 e. The van der Waals surface area contributed by atoms with E-state index in [4.69, 9.17) is 9.47 Å². The fraction of sp³-hybridized carbons (Fsp3) is 0.846. The molecule has 1 amide bonds. The lowest BCUT2D eigenvalue weighted by Crippen LogP contribution is -2.55. The quantitative estimate of drug-likeness (QED) is 0.780. The number of ether oxygens (including phenoxy) is 2. The summed E-state index contributed by atoms with van der Waals surface area (Å²) in [5, 5.41) is 9.29. The number of hydrogen-bond acceptors (Lipinski definition) is 5. The minimum absolute atomic E-state index is 0.161. The average Bonchev–Trinajstić information content (AvgIpc) is 2.99. The third kappa shape index (κ3) is 2.12. The first-order chi connectivity index (χ1) is 9.48. The van der Waals surface area contributed by atoms with Crippen LogP contribution >= 0.6 is 11.8 Å². The maximum Gasteiger partial charge on any atom is 0.327 e. The van der Waals surface area contributed by atoms with Crippen molar-refractivity contribution >= 4 is 23.6 Å². The molecule has 112 valence electrons. The molecule has 1 N–H and O–H groups in total. The fourth-order valence-electron chi connectivity index (χ4n) is 3.54. The standard InChI is InChI=1S/C13H19NO5S/c1-9(15)14-10(11(16)17)8-20-12(14)2-4-13(5-3-12)18-6-7-19-13/h10H,2-8H2,1H3,(H,16,17)/t10-/m0/s1. The molecule has 6 nitrogen and oxygen atoms in total. The largest absolute Gasteiger partial charge is 0.480 e. The zero-order valence-electron chi connectivity index (χ0n) is 11.5. The Morgan fingerprint density at radius 2 is 1.80 bits per heavy atom. The number of thioether (sulfide) groups is 1. The number of rotatable bonds is 1. The van der Waals surface area contributed by atoms with Gasteiger partial charge in [-0.2, -0.15) is 0 Å². The monoisotopic (exact) mass is 301 g/mol. The van der Waals surface area contributed by atoms with Gasteiger partial charge in [-0.1, -0.05) is 0 Å². The Hall–Kier alpha value is -0.790. The Labute approximate surface area is 121 Å². The van der Waals surface area contributed by atoms with E-state index in [0.29, 0.717) is 19.0 Å². The highest BCUT2D eigenvalue weighted by Gasteiger charge is 2.56. The summed E-state index contributed by atoms with van der Waals surface area (Å²) in [6, 6.07) is -0.711. The molecule has 0 aromatic rings. The van der Waals surface area contributed by atoms with Crippen LogP contribution in [0.15, 0.2) is 0 Å². The fourth-order valence-corrected chi connectivity index (χ4v) is 5.19. The summed E-state index contributed by atoms with van der Waals surface area (Å²) in [5.41, 5.74) is 0. The second-order valence-electron chi connectivity index (χ2n) is 5.61. The van der Waals surface area contributed by atoms with Crippen LogP contribution in [0, 0.1) is 0 Å². The summed E-state index contributed by atoms with van der Waals surface area (Å²) in [5.74, 6) is -1.11. The number of amides is 1. The molecule has 3 rings (SSSR count). The van der Waals surface area contributed by atoms with Crippen LogP contribution < -0.4 is 0 Å². The van der Waals surface area contributed by atoms with Crippen molar-refractivity contribution < 1.29 is 24.2 Å². The van der Waals surface area contributed by atoms with Gasteiger partial charge >= 0.3 is 5.97 Å². The SMILES string of the molecule is CC(=O)N1[C@H](C(=O)O)CSC12CCC1(CC2)OCCO1. The highest BCUT2D eigenvalue weighted by Crippen LogP contribution is 2.52. The topological polar surface area (TPSA) is 76.1 Å². The highest BCUT2D eigenvalue weighted by atomic mass is 32.2. The molecule has 1 atom stereocenters. The van der Waals surface area contributed by atoms with Gasteiger partial charge in [0.15, 0.2) is 5.79 Å². The van der Waals surface area contributed by atoms with Crippen LogP contribution in [-0.4, -0.2) is 57.5 Å². The maximum absolute atomic E-state index is 11.9. The van der Waals surface area contributed by atoms with E-state index < -0.39 is 22.7 Å². The predicted octanol–water partition coefficient (Wildman–Crippen LogP) is 1.05. The van der Waals surface area contributed by atoms with Crippen molar-refractivity contribution in [3.63, 3.8) is 0 Å². The van der Waals surface area contributed by atoms with E-state index in [1.54, 1.807) is 16.7 Å². The van der Waals surface area contributed by atoms with Crippen LogP contribution in [0.4, 0.5) is 0 Å². The molecule has 0 aromatic carbocycles. The van der Waals surface area contributed by atoms with Gasteiger partial charge in [-0.05, 0) is 12.8 Å². The molecule has 3 fully saturated rings. The first-order valence-electron chi connectivity index (χ1n) is 6.93. The number of hydrogen-bond donors (Lipinski definition) is 1. The molecule has 1 saturated carbocycles. The van der Waals surface area contributed by atoms with Gasteiger partial charge in [0.2, 0.25) is 5.91 Å². The van der Waals surface area contributed by atoms with Crippen molar-refractivity contribution in [3.8, 4) is 0 Å². The van der Waals surface area contributed by atoms with Gasteiger partial charge in [-0.3, -0.25) is 4.79 Å². The molecule has 2 spiro atoms. The van der Waals surface area contributed by atoms with Crippen LogP contribution in [0.5, 0.6) is 0 Å². The zero-order valence-corrected chi connectivity index (χ0v) is 12.3. The van der Waals surface area contributed by atoms with Gasteiger partial charge in [-0.15, -0.1) is 11.8 Å². The molecule has 2 aliphatic heterocycles. The van der Waals surface area contributed by atoms with Crippen LogP contribution in [0.3, 0.4) is 0 Å². The molecule has 7 heteroatoms. The summed E-state index contributed by atoms with van der Waals surface area (Å²) in [4.78, 5) is 24.4. The Bertz CT molecular complexity index is 424. The third-order valence-electron chi connectivity index (χ3n) is 4.49. The lowest BCUT2D eigenvalue weighted by atomic mass is 9.87. The van der Waals surface area contributed by atoms with Crippen LogP contribution in [-0.2, 0) is 19.1 Å². The van der Waals surface area contributed by atoms with Gasteiger partial charge in [0.25, 0.3) is 0 Å². The molecular weight excluding hydrogens is 282 g/mol. The van der Waals surface area contributed by atoms with Crippen molar-refractivity contribution in [3.05, 3.63) is 0 Å². The summed E-state index contributed by atoms with van der Waals surface area (Å²) >= 11 is 1.59. The van der Waals surface area contributed by atoms with E-state index in [2.05, 4.69) is 0 Å². The molecule has 3 aliphatic rings. The van der Waals surface area contributed by atoms with Crippen molar-refractivity contribution in [2.24, 2.45) is 0 Å². The van der Waals surface area contributed by atoms with Gasteiger partial charge < -0.3 is 19.5 Å². The summed E-state index contributed by atoms with van der Waals surface area (Å²) in [6.45, 7) is 2.69. The highest BCUT2D eigenvalue weighted by molar-refractivity contribution is 8.01. The van der Waals surface area contributed by atoms with Crippen LogP contribution in [0.2, 0.25) is 0 Å². The second-order valence-corrected chi connectivity index (χ2v) is 6.99. The first kappa shape index (κ1) is 14.2. The van der Waals surface area contributed by atoms with Crippen molar-refractivity contribution in [2.45, 2.75) is 49.3 Å². The molecule has 0 bridgehead atoms. The minimum atomic E-state index is -0.918. The molecular formula is C13H19NO5S. The maximum atomic E-state index is 11.9.